The molecule has 1 aromatic rings. The summed E-state index contributed by atoms with van der Waals surface area (Å²) in [6, 6.07) is 6.57. The monoisotopic (exact) mass is 311 g/mol. The lowest BCUT2D eigenvalue weighted by Crippen LogP contribution is -2.17. The summed E-state index contributed by atoms with van der Waals surface area (Å²) in [5.41, 5.74) is 1.08. The van der Waals surface area contributed by atoms with Gasteiger partial charge in [0, 0.05) is 17.2 Å². The fourth-order valence-corrected chi connectivity index (χ4v) is 3.57. The molecule has 1 aliphatic rings. The molecule has 2 atom stereocenters. The summed E-state index contributed by atoms with van der Waals surface area (Å²) in [5, 5.41) is 0. The van der Waals surface area contributed by atoms with Gasteiger partial charge in [-0.15, -0.1) is 0 Å². The summed E-state index contributed by atoms with van der Waals surface area (Å²) >= 11 is 0. The van der Waals surface area contributed by atoms with Crippen molar-refractivity contribution < 1.29 is 17.9 Å². The van der Waals surface area contributed by atoms with Gasteiger partial charge in [0.15, 0.2) is 5.78 Å². The van der Waals surface area contributed by atoms with Crippen LogP contribution in [0, 0.1) is 5.92 Å². The number of nitrogens with one attached hydrogen (secondary N) is 1. The van der Waals surface area contributed by atoms with E-state index in [-0.39, 0.29) is 23.6 Å². The first-order valence-electron chi connectivity index (χ1n) is 7.17. The van der Waals surface area contributed by atoms with Crippen molar-refractivity contribution in [2.45, 2.75) is 32.8 Å². The van der Waals surface area contributed by atoms with Crippen LogP contribution < -0.4 is 4.72 Å². The number of carbonyl (C=O) groups excluding carboxylic acids is 1. The van der Waals surface area contributed by atoms with E-state index in [9.17, 15) is 13.2 Å². The first-order valence-corrected chi connectivity index (χ1v) is 8.83. The highest BCUT2D eigenvalue weighted by atomic mass is 32.2. The van der Waals surface area contributed by atoms with E-state index < -0.39 is 10.0 Å². The van der Waals surface area contributed by atoms with Gasteiger partial charge in [-0.3, -0.25) is 9.52 Å². The second-order valence-corrected chi connectivity index (χ2v) is 7.28. The van der Waals surface area contributed by atoms with Crippen molar-refractivity contribution >= 4 is 21.5 Å². The van der Waals surface area contributed by atoms with Crippen molar-refractivity contribution in [3.05, 3.63) is 29.8 Å². The van der Waals surface area contributed by atoms with Gasteiger partial charge in [-0.25, -0.2) is 8.42 Å². The Kier molecular flexibility index (Phi) is 5.00. The van der Waals surface area contributed by atoms with E-state index in [2.05, 4.69) is 4.72 Å². The van der Waals surface area contributed by atoms with E-state index in [4.69, 9.17) is 4.74 Å². The van der Waals surface area contributed by atoms with Crippen molar-refractivity contribution in [1.82, 2.24) is 0 Å². The van der Waals surface area contributed by atoms with Crippen molar-refractivity contribution in [1.29, 1.82) is 0 Å². The fourth-order valence-electron chi connectivity index (χ4n) is 2.44. The van der Waals surface area contributed by atoms with Crippen LogP contribution in [-0.2, 0) is 14.8 Å². The third-order valence-corrected chi connectivity index (χ3v) is 4.98. The Morgan fingerprint density at radius 1 is 1.33 bits per heavy atom. The lowest BCUT2D eigenvalue weighted by molar-refractivity contribution is 0.0877. The molecule has 0 bridgehead atoms. The number of hydrogen-bond acceptors (Lipinski definition) is 4. The SMILES string of the molecule is CCCS(=O)(=O)Nc1ccc(C(=O)C2COC(C)C2)cc1. The van der Waals surface area contributed by atoms with Gasteiger partial charge in [-0.1, -0.05) is 6.92 Å². The van der Waals surface area contributed by atoms with Crippen LogP contribution in [0.15, 0.2) is 24.3 Å². The highest BCUT2D eigenvalue weighted by Gasteiger charge is 2.28. The van der Waals surface area contributed by atoms with Crippen LogP contribution in [0.1, 0.15) is 37.0 Å². The molecule has 21 heavy (non-hydrogen) atoms. The second kappa shape index (κ2) is 6.58. The lowest BCUT2D eigenvalue weighted by atomic mass is 9.95. The molecule has 0 aliphatic carbocycles. The lowest BCUT2D eigenvalue weighted by Gasteiger charge is -2.09. The molecule has 0 aromatic heterocycles. The summed E-state index contributed by atoms with van der Waals surface area (Å²) in [6.07, 6.45) is 1.43. The first-order chi connectivity index (χ1) is 9.91. The zero-order chi connectivity index (χ0) is 15.5. The van der Waals surface area contributed by atoms with Gasteiger partial charge in [-0.2, -0.15) is 0 Å². The number of Topliss-reactive ketones (excluding diaryl/α,β-unsaturated/α-hetero) is 1. The molecule has 1 fully saturated rings. The van der Waals surface area contributed by atoms with Gasteiger partial charge >= 0.3 is 0 Å². The summed E-state index contributed by atoms with van der Waals surface area (Å²) in [7, 11) is -3.30. The minimum Gasteiger partial charge on any atom is -0.378 e. The normalized spacial score (nSPS) is 22.2. The highest BCUT2D eigenvalue weighted by Crippen LogP contribution is 2.24. The summed E-state index contributed by atoms with van der Waals surface area (Å²) in [5.74, 6) is 0.0512. The molecule has 6 heteroatoms. The predicted octanol–water partition coefficient (Wildman–Crippen LogP) is 2.45. The molecule has 1 N–H and O–H groups in total. The van der Waals surface area contributed by atoms with Crippen LogP contribution in [-0.4, -0.2) is 32.7 Å². The Morgan fingerprint density at radius 2 is 2.00 bits per heavy atom. The van der Waals surface area contributed by atoms with Gasteiger partial charge < -0.3 is 4.74 Å². The molecule has 1 aliphatic heterocycles. The zero-order valence-electron chi connectivity index (χ0n) is 12.3. The molecule has 0 amide bonds. The number of rotatable bonds is 6. The maximum atomic E-state index is 12.3. The van der Waals surface area contributed by atoms with E-state index >= 15 is 0 Å². The van der Waals surface area contributed by atoms with Gasteiger partial charge in [0.05, 0.1) is 18.5 Å². The van der Waals surface area contributed by atoms with Gasteiger partial charge in [0.25, 0.3) is 0 Å². The quantitative estimate of drug-likeness (QED) is 0.819. The average molecular weight is 311 g/mol. The molecule has 2 unspecified atom stereocenters. The molecular weight excluding hydrogens is 290 g/mol. The molecule has 2 rings (SSSR count). The molecule has 1 heterocycles. The minimum absolute atomic E-state index is 0.0577. The van der Waals surface area contributed by atoms with Crippen LogP contribution in [0.25, 0.3) is 0 Å². The zero-order valence-corrected chi connectivity index (χ0v) is 13.2. The smallest absolute Gasteiger partial charge is 0.232 e. The van der Waals surface area contributed by atoms with Crippen molar-refractivity contribution in [2.24, 2.45) is 5.92 Å². The fraction of sp³-hybridized carbons (Fsp3) is 0.533. The molecule has 5 nitrogen and oxygen atoms in total. The molecule has 0 spiro atoms. The van der Waals surface area contributed by atoms with E-state index in [0.29, 0.717) is 24.3 Å². The maximum Gasteiger partial charge on any atom is 0.232 e. The van der Waals surface area contributed by atoms with Gasteiger partial charge in [0.2, 0.25) is 10.0 Å². The Morgan fingerprint density at radius 3 is 2.52 bits per heavy atom. The minimum atomic E-state index is -3.30. The standard InChI is InChI=1S/C15H21NO4S/c1-3-8-21(18,19)16-14-6-4-12(5-7-14)15(17)13-9-11(2)20-10-13/h4-7,11,13,16H,3,8-10H2,1-2H3. The van der Waals surface area contributed by atoms with Crippen LogP contribution in [0.4, 0.5) is 5.69 Å². The Labute approximate surface area is 125 Å². The van der Waals surface area contributed by atoms with E-state index in [1.54, 1.807) is 24.3 Å². The van der Waals surface area contributed by atoms with Crippen molar-refractivity contribution in [3.63, 3.8) is 0 Å². The van der Waals surface area contributed by atoms with Gasteiger partial charge in [0.1, 0.15) is 0 Å². The third kappa shape index (κ3) is 4.28. The number of anilines is 1. The topological polar surface area (TPSA) is 72.5 Å². The molecule has 0 saturated carbocycles. The number of hydrogen-bond donors (Lipinski definition) is 1. The maximum absolute atomic E-state index is 12.3. The molecule has 1 aromatic carbocycles. The van der Waals surface area contributed by atoms with Crippen LogP contribution >= 0.6 is 0 Å². The van der Waals surface area contributed by atoms with E-state index in [0.717, 1.165) is 6.42 Å². The van der Waals surface area contributed by atoms with Crippen LogP contribution in [0.2, 0.25) is 0 Å². The Bertz CT molecular complexity index is 595. The molecule has 1 saturated heterocycles. The molecular formula is C15H21NO4S. The molecule has 116 valence electrons. The van der Waals surface area contributed by atoms with E-state index in [1.165, 1.54) is 0 Å². The number of sulfonamides is 1. The number of ether oxygens (including phenoxy) is 1. The van der Waals surface area contributed by atoms with Crippen molar-refractivity contribution in [2.75, 3.05) is 17.1 Å². The van der Waals surface area contributed by atoms with E-state index in [1.807, 2.05) is 13.8 Å². The van der Waals surface area contributed by atoms with Crippen molar-refractivity contribution in [3.8, 4) is 0 Å². The Balaban J connectivity index is 2.03. The van der Waals surface area contributed by atoms with Crippen LogP contribution in [0.5, 0.6) is 0 Å². The second-order valence-electron chi connectivity index (χ2n) is 5.44. The number of carbonyl (C=O) groups is 1. The van der Waals surface area contributed by atoms with Crippen LogP contribution in [0.3, 0.4) is 0 Å². The Hall–Kier alpha value is -1.40. The summed E-state index contributed by atoms with van der Waals surface area (Å²) < 4.78 is 31.2. The third-order valence-electron chi connectivity index (χ3n) is 3.48. The summed E-state index contributed by atoms with van der Waals surface area (Å²) in [4.78, 5) is 12.3. The first kappa shape index (κ1) is 16.0. The van der Waals surface area contributed by atoms with Gasteiger partial charge in [-0.05, 0) is 44.0 Å². The predicted molar refractivity (Wildman–Crippen MR) is 82.0 cm³/mol. The largest absolute Gasteiger partial charge is 0.378 e. The summed E-state index contributed by atoms with van der Waals surface area (Å²) in [6.45, 7) is 4.23. The number of ketones is 1. The highest BCUT2D eigenvalue weighted by molar-refractivity contribution is 7.92. The molecule has 0 radical (unpaired) electrons. The number of benzene rings is 1. The average Bonchev–Trinajstić information content (AvgIpc) is 2.85.